The molecule has 0 saturated carbocycles. The third kappa shape index (κ3) is 0.975. The van der Waals surface area contributed by atoms with Crippen LogP contribution in [0.25, 0.3) is 0 Å². The van der Waals surface area contributed by atoms with Crippen LogP contribution >= 0.6 is 11.6 Å². The van der Waals surface area contributed by atoms with Crippen molar-refractivity contribution in [2.45, 2.75) is 6.42 Å². The summed E-state index contributed by atoms with van der Waals surface area (Å²) in [6.45, 7) is 0.641. The van der Waals surface area contributed by atoms with Crippen LogP contribution in [0.1, 0.15) is 5.56 Å². The van der Waals surface area contributed by atoms with Crippen LogP contribution in [0.2, 0.25) is 5.02 Å². The lowest BCUT2D eigenvalue weighted by Gasteiger charge is -2.06. The first kappa shape index (κ1) is 7.55. The van der Waals surface area contributed by atoms with Gasteiger partial charge in [-0.2, -0.15) is 0 Å². The molecule has 0 spiro atoms. The monoisotopic (exact) mass is 182 g/mol. The van der Waals surface area contributed by atoms with E-state index in [4.69, 9.17) is 11.6 Å². The Balaban J connectivity index is 2.52. The molecule has 2 rings (SSSR count). The maximum atomic E-state index is 10.3. The number of nitroso groups, excluding NO2 is 1. The van der Waals surface area contributed by atoms with Crippen molar-refractivity contribution in [3.63, 3.8) is 0 Å². The highest BCUT2D eigenvalue weighted by atomic mass is 35.5. The first-order chi connectivity index (χ1) is 5.83. The Kier molecular flexibility index (Phi) is 1.73. The normalized spacial score (nSPS) is 14.6. The summed E-state index contributed by atoms with van der Waals surface area (Å²) in [4.78, 5) is 10.3. The lowest BCUT2D eigenvalue weighted by molar-refractivity contribution is 0.885. The molecule has 3 nitrogen and oxygen atoms in total. The van der Waals surface area contributed by atoms with Gasteiger partial charge in [0.2, 0.25) is 0 Å². The van der Waals surface area contributed by atoms with E-state index in [0.29, 0.717) is 6.54 Å². The first-order valence-electron chi connectivity index (χ1n) is 3.71. The van der Waals surface area contributed by atoms with Gasteiger partial charge in [0.05, 0.1) is 11.0 Å². The van der Waals surface area contributed by atoms with Crippen molar-refractivity contribution < 1.29 is 0 Å². The van der Waals surface area contributed by atoms with Crippen molar-refractivity contribution >= 4 is 17.3 Å². The average molecular weight is 183 g/mol. The molecular weight excluding hydrogens is 176 g/mol. The minimum atomic E-state index is 0.641. The van der Waals surface area contributed by atoms with E-state index in [2.05, 4.69) is 5.29 Å². The molecule has 62 valence electrons. The lowest BCUT2D eigenvalue weighted by atomic mass is 10.2. The predicted molar refractivity (Wildman–Crippen MR) is 48.3 cm³/mol. The lowest BCUT2D eigenvalue weighted by Crippen LogP contribution is -2.10. The van der Waals surface area contributed by atoms with E-state index in [-0.39, 0.29) is 0 Å². The molecule has 0 aromatic heterocycles. The summed E-state index contributed by atoms with van der Waals surface area (Å²) in [5.74, 6) is 0. The summed E-state index contributed by atoms with van der Waals surface area (Å²) in [6, 6.07) is 5.51. The molecule has 0 bridgehead atoms. The number of hydrogen-bond donors (Lipinski definition) is 0. The Hall–Kier alpha value is -1.09. The van der Waals surface area contributed by atoms with Crippen LogP contribution < -0.4 is 5.01 Å². The number of fused-ring (bicyclic) bond motifs is 1. The van der Waals surface area contributed by atoms with Crippen molar-refractivity contribution in [1.82, 2.24) is 0 Å². The molecule has 0 radical (unpaired) electrons. The summed E-state index contributed by atoms with van der Waals surface area (Å²) in [7, 11) is 0. The third-order valence-corrected chi connectivity index (χ3v) is 2.40. The van der Waals surface area contributed by atoms with E-state index >= 15 is 0 Å². The van der Waals surface area contributed by atoms with E-state index in [0.717, 1.165) is 22.7 Å². The van der Waals surface area contributed by atoms with Gasteiger partial charge >= 0.3 is 0 Å². The van der Waals surface area contributed by atoms with Gasteiger partial charge in [-0.3, -0.25) is 0 Å². The standard InChI is InChI=1S/C8H7ClN2O/c9-7-2-1-3-8-6(7)4-5-11(8)10-12/h1-3H,4-5H2. The number of hydrogen-bond acceptors (Lipinski definition) is 2. The molecule has 1 heterocycles. The van der Waals surface area contributed by atoms with Crippen molar-refractivity contribution in [3.05, 3.63) is 33.7 Å². The first-order valence-corrected chi connectivity index (χ1v) is 4.09. The fourth-order valence-corrected chi connectivity index (χ4v) is 1.72. The van der Waals surface area contributed by atoms with Gasteiger partial charge in [-0.25, -0.2) is 5.01 Å². The van der Waals surface area contributed by atoms with Crippen LogP contribution in [-0.2, 0) is 6.42 Å². The summed E-state index contributed by atoms with van der Waals surface area (Å²) in [5, 5.41) is 5.05. The summed E-state index contributed by atoms with van der Waals surface area (Å²) in [6.07, 6.45) is 0.806. The Labute approximate surface area is 74.9 Å². The molecule has 12 heavy (non-hydrogen) atoms. The van der Waals surface area contributed by atoms with E-state index in [9.17, 15) is 4.91 Å². The minimum Gasteiger partial charge on any atom is -0.229 e. The quantitative estimate of drug-likeness (QED) is 0.625. The molecule has 0 N–H and O–H groups in total. The van der Waals surface area contributed by atoms with Gasteiger partial charge in [0.15, 0.2) is 0 Å². The zero-order chi connectivity index (χ0) is 8.55. The number of nitrogens with zero attached hydrogens (tertiary/aromatic N) is 2. The molecule has 1 aliphatic heterocycles. The number of benzene rings is 1. The summed E-state index contributed by atoms with van der Waals surface area (Å²) >= 11 is 5.92. The number of halogens is 1. The van der Waals surface area contributed by atoms with Crippen molar-refractivity contribution in [1.29, 1.82) is 0 Å². The molecule has 1 aromatic carbocycles. The highest BCUT2D eigenvalue weighted by Gasteiger charge is 2.21. The van der Waals surface area contributed by atoms with Crippen LogP contribution in [0, 0.1) is 4.91 Å². The van der Waals surface area contributed by atoms with Crippen molar-refractivity contribution in [3.8, 4) is 0 Å². The average Bonchev–Trinajstić information content (AvgIpc) is 2.49. The van der Waals surface area contributed by atoms with Gasteiger partial charge in [0, 0.05) is 11.6 Å². The number of rotatable bonds is 1. The molecule has 1 aromatic rings. The van der Waals surface area contributed by atoms with E-state index in [1.54, 1.807) is 0 Å². The molecule has 0 unspecified atom stereocenters. The molecule has 0 amide bonds. The Morgan fingerprint density at radius 1 is 1.50 bits per heavy atom. The van der Waals surface area contributed by atoms with E-state index in [1.165, 1.54) is 5.01 Å². The van der Waals surface area contributed by atoms with Gasteiger partial charge in [0.25, 0.3) is 0 Å². The summed E-state index contributed by atoms with van der Waals surface area (Å²) in [5.41, 5.74) is 1.87. The highest BCUT2D eigenvalue weighted by Crippen LogP contribution is 2.33. The largest absolute Gasteiger partial charge is 0.229 e. The Bertz CT molecular complexity index is 327. The number of anilines is 1. The highest BCUT2D eigenvalue weighted by molar-refractivity contribution is 6.31. The smallest absolute Gasteiger partial charge is 0.0673 e. The molecule has 0 aliphatic carbocycles. The van der Waals surface area contributed by atoms with Crippen LogP contribution in [0.15, 0.2) is 23.5 Å². The maximum Gasteiger partial charge on any atom is 0.0673 e. The fourth-order valence-electron chi connectivity index (χ4n) is 1.46. The van der Waals surface area contributed by atoms with Crippen molar-refractivity contribution in [2.75, 3.05) is 11.6 Å². The third-order valence-electron chi connectivity index (χ3n) is 2.04. The topological polar surface area (TPSA) is 32.7 Å². The predicted octanol–water partition coefficient (Wildman–Crippen LogP) is 2.38. The van der Waals surface area contributed by atoms with Crippen LogP contribution in [0.4, 0.5) is 5.69 Å². The summed E-state index contributed by atoms with van der Waals surface area (Å²) < 4.78 is 0. The van der Waals surface area contributed by atoms with Crippen LogP contribution in [0.3, 0.4) is 0 Å². The molecular formula is C8H7ClN2O. The Morgan fingerprint density at radius 2 is 2.33 bits per heavy atom. The minimum absolute atomic E-state index is 0.641. The van der Waals surface area contributed by atoms with Gasteiger partial charge in [-0.15, -0.1) is 4.91 Å². The molecule has 4 heteroatoms. The second-order valence-corrected chi connectivity index (χ2v) is 3.10. The SMILES string of the molecule is O=NN1CCc2c(Cl)cccc21. The van der Waals surface area contributed by atoms with Crippen molar-refractivity contribution in [2.24, 2.45) is 5.29 Å². The zero-order valence-electron chi connectivity index (χ0n) is 6.33. The Morgan fingerprint density at radius 3 is 3.08 bits per heavy atom. The van der Waals surface area contributed by atoms with E-state index in [1.807, 2.05) is 18.2 Å². The second-order valence-electron chi connectivity index (χ2n) is 2.69. The van der Waals surface area contributed by atoms with Gasteiger partial charge in [-0.05, 0) is 24.1 Å². The maximum absolute atomic E-state index is 10.3. The molecule has 1 aliphatic rings. The van der Waals surface area contributed by atoms with Gasteiger partial charge in [-0.1, -0.05) is 17.7 Å². The van der Waals surface area contributed by atoms with Crippen LogP contribution in [-0.4, -0.2) is 6.54 Å². The molecule has 0 fully saturated rings. The van der Waals surface area contributed by atoms with E-state index < -0.39 is 0 Å². The second kappa shape index (κ2) is 2.75. The molecule has 0 atom stereocenters. The van der Waals surface area contributed by atoms with Crippen LogP contribution in [0.5, 0.6) is 0 Å². The van der Waals surface area contributed by atoms with Gasteiger partial charge < -0.3 is 0 Å². The fraction of sp³-hybridized carbons (Fsp3) is 0.250. The zero-order valence-corrected chi connectivity index (χ0v) is 7.08. The van der Waals surface area contributed by atoms with Gasteiger partial charge in [0.1, 0.15) is 0 Å². The molecule has 0 saturated heterocycles.